The average molecular weight is 659 g/mol. The Balaban J connectivity index is 1.53. The van der Waals surface area contributed by atoms with E-state index >= 15 is 0 Å². The molecule has 1 heterocycles. The minimum Gasteiger partial charge on any atom is -0.494 e. The number of hydrogen-bond donors (Lipinski definition) is 0. The summed E-state index contributed by atoms with van der Waals surface area (Å²) in [6.45, 7) is 6.83. The molecule has 0 bridgehead atoms. The fraction of sp³-hybridized carbons (Fsp3) is 0.486. The van der Waals surface area contributed by atoms with Crippen molar-refractivity contribution in [3.05, 3.63) is 64.4 Å². The fourth-order valence-corrected chi connectivity index (χ4v) is 6.51. The van der Waals surface area contributed by atoms with Gasteiger partial charge in [-0.1, -0.05) is 31.9 Å². The molecule has 0 spiro atoms. The van der Waals surface area contributed by atoms with E-state index in [0.717, 1.165) is 60.1 Å². The van der Waals surface area contributed by atoms with E-state index < -0.39 is 9.84 Å². The van der Waals surface area contributed by atoms with Crippen LogP contribution in [0.4, 0.5) is 0 Å². The van der Waals surface area contributed by atoms with Crippen LogP contribution in [-0.2, 0) is 41.7 Å². The number of ether oxygens (including phenoxy) is 4. The maximum absolute atomic E-state index is 12.6. The monoisotopic (exact) mass is 658 g/mol. The molecular formula is C35H46O8S2. The number of hydrogen-bond acceptors (Lipinski definition) is 9. The van der Waals surface area contributed by atoms with Crippen molar-refractivity contribution in [2.24, 2.45) is 0 Å². The van der Waals surface area contributed by atoms with Gasteiger partial charge in [-0.15, -0.1) is 0 Å². The van der Waals surface area contributed by atoms with Crippen LogP contribution < -0.4 is 9.47 Å². The Bertz CT molecular complexity index is 1450. The number of sulfone groups is 1. The van der Waals surface area contributed by atoms with Crippen molar-refractivity contribution in [2.75, 3.05) is 32.2 Å². The second kappa shape index (κ2) is 19.2. The van der Waals surface area contributed by atoms with Gasteiger partial charge in [-0.3, -0.25) is 9.59 Å². The zero-order chi connectivity index (χ0) is 32.5. The van der Waals surface area contributed by atoms with Crippen molar-refractivity contribution in [3.8, 4) is 22.6 Å². The third kappa shape index (κ3) is 12.2. The van der Waals surface area contributed by atoms with Crippen LogP contribution in [0.25, 0.3) is 11.1 Å². The predicted octanol–water partition coefficient (Wildman–Crippen LogP) is 7.61. The quantitative estimate of drug-likeness (QED) is 0.0851. The number of aryl methyl sites for hydroxylation is 1. The first-order chi connectivity index (χ1) is 21.8. The summed E-state index contributed by atoms with van der Waals surface area (Å²) in [4.78, 5) is 24.0. The van der Waals surface area contributed by atoms with Crippen molar-refractivity contribution >= 4 is 33.1 Å². The Morgan fingerprint density at radius 1 is 0.756 bits per heavy atom. The number of esters is 2. The maximum atomic E-state index is 12.6. The van der Waals surface area contributed by atoms with Gasteiger partial charge in [-0.2, -0.15) is 11.3 Å². The molecule has 0 aliphatic carbocycles. The Labute approximate surface area is 272 Å². The first-order valence-corrected chi connectivity index (χ1v) is 18.4. The smallest absolute Gasteiger partial charge is 0.306 e. The first-order valence-electron chi connectivity index (χ1n) is 15.8. The molecule has 0 saturated heterocycles. The zero-order valence-corrected chi connectivity index (χ0v) is 28.3. The van der Waals surface area contributed by atoms with Crippen molar-refractivity contribution in [2.45, 2.75) is 83.5 Å². The molecule has 10 heteroatoms. The van der Waals surface area contributed by atoms with Crippen LogP contribution in [0.5, 0.6) is 11.5 Å². The summed E-state index contributed by atoms with van der Waals surface area (Å²) in [5.41, 5.74) is 3.97. The number of rotatable bonds is 21. The lowest BCUT2D eigenvalue weighted by atomic mass is 9.96. The lowest BCUT2D eigenvalue weighted by Gasteiger charge is -2.16. The van der Waals surface area contributed by atoms with Crippen molar-refractivity contribution in [1.82, 2.24) is 0 Å². The summed E-state index contributed by atoms with van der Waals surface area (Å²) in [5, 5.41) is 3.97. The van der Waals surface area contributed by atoms with Gasteiger partial charge in [0.1, 0.15) is 11.5 Å². The van der Waals surface area contributed by atoms with Gasteiger partial charge in [0, 0.05) is 12.8 Å². The van der Waals surface area contributed by atoms with Gasteiger partial charge < -0.3 is 18.9 Å². The lowest BCUT2D eigenvalue weighted by molar-refractivity contribution is -0.144. The Morgan fingerprint density at radius 3 is 2.20 bits per heavy atom. The summed E-state index contributed by atoms with van der Waals surface area (Å²) < 4.78 is 47.4. The third-order valence-corrected chi connectivity index (χ3v) is 9.68. The lowest BCUT2D eigenvalue weighted by Crippen LogP contribution is -2.10. The molecule has 8 nitrogen and oxygen atoms in total. The summed E-state index contributed by atoms with van der Waals surface area (Å²) in [6.07, 6.45) is 6.27. The fourth-order valence-electron chi connectivity index (χ4n) is 4.91. The Kier molecular flexibility index (Phi) is 15.4. The second-order valence-corrected chi connectivity index (χ2v) is 13.6. The molecule has 0 saturated carbocycles. The van der Waals surface area contributed by atoms with E-state index in [-0.39, 0.29) is 29.0 Å². The molecule has 3 rings (SSSR count). The molecule has 0 unspecified atom stereocenters. The minimum atomic E-state index is -3.36. The van der Waals surface area contributed by atoms with Crippen LogP contribution in [0.2, 0.25) is 0 Å². The zero-order valence-electron chi connectivity index (χ0n) is 26.7. The van der Waals surface area contributed by atoms with Gasteiger partial charge in [0.25, 0.3) is 0 Å². The summed E-state index contributed by atoms with van der Waals surface area (Å²) in [5.74, 6) is 0.873. The minimum absolute atomic E-state index is 0.0363. The van der Waals surface area contributed by atoms with Gasteiger partial charge >= 0.3 is 11.9 Å². The van der Waals surface area contributed by atoms with Gasteiger partial charge in [-0.25, -0.2) is 8.42 Å². The molecule has 0 radical (unpaired) electrons. The highest BCUT2D eigenvalue weighted by Crippen LogP contribution is 2.31. The normalized spacial score (nSPS) is 11.3. The van der Waals surface area contributed by atoms with Crippen LogP contribution in [0.15, 0.2) is 58.1 Å². The SMILES string of the molecule is CCOC(=O)CCCOc1cccc(CCCCCCOc2cc(-c3ccsc3)cc(S(=O)(=O)CC)c2)c1CCC(=O)OCC. The van der Waals surface area contributed by atoms with E-state index in [0.29, 0.717) is 51.4 Å². The summed E-state index contributed by atoms with van der Waals surface area (Å²) in [6, 6.07) is 13.2. The van der Waals surface area contributed by atoms with E-state index in [1.165, 1.54) is 0 Å². The molecule has 2 aromatic carbocycles. The van der Waals surface area contributed by atoms with Crippen LogP contribution in [0.3, 0.4) is 0 Å². The number of thiophene rings is 1. The molecule has 1 aromatic heterocycles. The third-order valence-electron chi connectivity index (χ3n) is 7.29. The van der Waals surface area contributed by atoms with Crippen molar-refractivity contribution < 1.29 is 37.0 Å². The molecule has 246 valence electrons. The number of carbonyl (C=O) groups is 2. The Morgan fingerprint density at radius 2 is 1.49 bits per heavy atom. The number of unbranched alkanes of at least 4 members (excludes halogenated alkanes) is 3. The summed E-state index contributed by atoms with van der Waals surface area (Å²) >= 11 is 1.57. The molecule has 0 fully saturated rings. The van der Waals surface area contributed by atoms with E-state index in [1.54, 1.807) is 44.2 Å². The molecule has 45 heavy (non-hydrogen) atoms. The van der Waals surface area contributed by atoms with E-state index in [4.69, 9.17) is 18.9 Å². The maximum Gasteiger partial charge on any atom is 0.306 e. The van der Waals surface area contributed by atoms with Gasteiger partial charge in [0.2, 0.25) is 0 Å². The molecule has 0 N–H and O–H groups in total. The number of carbonyl (C=O) groups excluding carboxylic acids is 2. The molecule has 3 aromatic rings. The highest BCUT2D eigenvalue weighted by molar-refractivity contribution is 7.91. The van der Waals surface area contributed by atoms with Gasteiger partial charge in [0.15, 0.2) is 9.84 Å². The first kappa shape index (κ1) is 36.1. The molecular weight excluding hydrogens is 613 g/mol. The average Bonchev–Trinajstić information content (AvgIpc) is 3.58. The van der Waals surface area contributed by atoms with Crippen molar-refractivity contribution in [1.29, 1.82) is 0 Å². The van der Waals surface area contributed by atoms with Gasteiger partial charge in [-0.05, 0) is 109 Å². The molecule has 0 aliphatic rings. The van der Waals surface area contributed by atoms with Crippen LogP contribution in [0, 0.1) is 0 Å². The van der Waals surface area contributed by atoms with Crippen molar-refractivity contribution in [3.63, 3.8) is 0 Å². The van der Waals surface area contributed by atoms with Crippen LogP contribution >= 0.6 is 11.3 Å². The highest BCUT2D eigenvalue weighted by Gasteiger charge is 2.16. The highest BCUT2D eigenvalue weighted by atomic mass is 32.2. The largest absolute Gasteiger partial charge is 0.494 e. The summed E-state index contributed by atoms with van der Waals surface area (Å²) in [7, 11) is -3.36. The molecule has 0 amide bonds. The van der Waals surface area contributed by atoms with Crippen LogP contribution in [0.1, 0.15) is 76.8 Å². The second-order valence-electron chi connectivity index (χ2n) is 10.6. The Hall–Kier alpha value is -3.37. The topological polar surface area (TPSA) is 105 Å². The predicted molar refractivity (Wildman–Crippen MR) is 178 cm³/mol. The van der Waals surface area contributed by atoms with E-state index in [9.17, 15) is 18.0 Å². The molecule has 0 atom stereocenters. The molecule has 0 aliphatic heterocycles. The van der Waals surface area contributed by atoms with E-state index in [1.807, 2.05) is 35.0 Å². The van der Waals surface area contributed by atoms with Crippen LogP contribution in [-0.4, -0.2) is 52.5 Å². The number of benzene rings is 2. The van der Waals surface area contributed by atoms with E-state index in [2.05, 4.69) is 6.07 Å². The van der Waals surface area contributed by atoms with Gasteiger partial charge in [0.05, 0.1) is 37.1 Å². The standard InChI is InChI=1S/C35H46O8S2/c1-4-40-34(36)16-12-21-43-33-15-11-14-27(32(33)17-18-35(37)41-5-2)13-9-7-8-10-20-42-30-23-29(28-19-22-44-26-28)24-31(25-30)45(38,39)6-3/h11,14-15,19,22-26H,4-10,12-13,16-18,20-21H2,1-3H3.